The van der Waals surface area contributed by atoms with Gasteiger partial charge in [0, 0.05) is 0 Å². The zero-order valence-corrected chi connectivity index (χ0v) is 4.79. The summed E-state index contributed by atoms with van der Waals surface area (Å²) in [6, 6.07) is 0. The summed E-state index contributed by atoms with van der Waals surface area (Å²) in [6.45, 7) is 3.84. The van der Waals surface area contributed by atoms with E-state index in [-0.39, 0.29) is 0 Å². The number of halogens is 1. The Morgan fingerprint density at radius 3 is 1.86 bits per heavy atom. The van der Waals surface area contributed by atoms with Gasteiger partial charge < -0.3 is 0 Å². The van der Waals surface area contributed by atoms with Gasteiger partial charge in [0.2, 0.25) is 0 Å². The van der Waals surface area contributed by atoms with Gasteiger partial charge in [-0.2, -0.15) is 0 Å². The van der Waals surface area contributed by atoms with Crippen molar-refractivity contribution >= 4 is 0 Å². The van der Waals surface area contributed by atoms with Gasteiger partial charge in [-0.1, -0.05) is 13.8 Å². The van der Waals surface area contributed by atoms with Crippen LogP contribution in [0.2, 0.25) is 0 Å². The summed E-state index contributed by atoms with van der Waals surface area (Å²) < 4.78 is 11.4. The molecule has 0 atom stereocenters. The van der Waals surface area contributed by atoms with Crippen LogP contribution in [0.4, 0.5) is 4.39 Å². The fourth-order valence-electron chi connectivity index (χ4n) is 0.384. The van der Waals surface area contributed by atoms with Gasteiger partial charge in [0.15, 0.2) is 6.33 Å². The Kier molecular flexibility index (Phi) is 3.67. The summed E-state index contributed by atoms with van der Waals surface area (Å²) in [5.74, 6) is 0. The van der Waals surface area contributed by atoms with Crippen molar-refractivity contribution in [2.24, 2.45) is 0 Å². The Bertz CT molecular complexity index is 58.6. The van der Waals surface area contributed by atoms with Crippen LogP contribution in [0.3, 0.4) is 0 Å². The van der Waals surface area contributed by atoms with Gasteiger partial charge in [0.25, 0.3) is 0 Å². The first-order chi connectivity index (χ1) is 3.35. The largest absolute Gasteiger partial charge is 0.204 e. The summed E-state index contributed by atoms with van der Waals surface area (Å²) >= 11 is 0. The third-order valence-electron chi connectivity index (χ3n) is 0.987. The Hall–Kier alpha value is -0.330. The minimum atomic E-state index is 0.764. The molecule has 0 amide bonds. The van der Waals surface area contributed by atoms with Crippen molar-refractivity contribution < 1.29 is 4.39 Å². The molecule has 0 aliphatic rings. The molecular formula is C6H10F. The highest BCUT2D eigenvalue weighted by Crippen LogP contribution is 2.02. The van der Waals surface area contributed by atoms with E-state index in [4.69, 9.17) is 0 Å². The van der Waals surface area contributed by atoms with Crippen LogP contribution in [0, 0.1) is 6.33 Å². The molecule has 0 saturated carbocycles. The molecule has 0 aromatic carbocycles. The lowest BCUT2D eigenvalue weighted by Crippen LogP contribution is -1.72. The summed E-state index contributed by atoms with van der Waals surface area (Å²) in [7, 11) is 0. The fourth-order valence-corrected chi connectivity index (χ4v) is 0.384. The Morgan fingerprint density at radius 1 is 1.43 bits per heavy atom. The molecule has 0 rings (SSSR count). The topological polar surface area (TPSA) is 0 Å². The van der Waals surface area contributed by atoms with Crippen molar-refractivity contribution in [3.8, 4) is 0 Å². The van der Waals surface area contributed by atoms with Crippen LogP contribution in [0.1, 0.15) is 26.7 Å². The molecule has 41 valence electrons. The van der Waals surface area contributed by atoms with E-state index in [2.05, 4.69) is 0 Å². The quantitative estimate of drug-likeness (QED) is 0.501. The molecule has 0 bridgehead atoms. The Morgan fingerprint density at radius 2 is 1.86 bits per heavy atom. The normalized spacial score (nSPS) is 8.43. The predicted molar refractivity (Wildman–Crippen MR) is 28.4 cm³/mol. The first-order valence-corrected chi connectivity index (χ1v) is 2.56. The maximum atomic E-state index is 11.4. The van der Waals surface area contributed by atoms with Crippen molar-refractivity contribution in [1.29, 1.82) is 0 Å². The molecule has 0 unspecified atom stereocenters. The molecule has 0 aromatic rings. The number of rotatable bonds is 2. The average Bonchev–Trinajstić information content (AvgIpc) is 1.72. The fraction of sp³-hybridized carbons (Fsp3) is 0.667. The molecule has 1 heteroatoms. The number of allylic oxidation sites excluding steroid dienone is 1. The van der Waals surface area contributed by atoms with Gasteiger partial charge in [-0.05, 0) is 18.4 Å². The summed E-state index contributed by atoms with van der Waals surface area (Å²) in [5.41, 5.74) is 0.764. The van der Waals surface area contributed by atoms with Crippen molar-refractivity contribution in [3.63, 3.8) is 0 Å². The second kappa shape index (κ2) is 3.85. The Labute approximate surface area is 44.0 Å². The first kappa shape index (κ1) is 6.67. The van der Waals surface area contributed by atoms with Crippen LogP contribution in [-0.2, 0) is 0 Å². The molecule has 0 aromatic heterocycles. The first-order valence-electron chi connectivity index (χ1n) is 2.56. The lowest BCUT2D eigenvalue weighted by Gasteiger charge is -1.89. The van der Waals surface area contributed by atoms with Crippen molar-refractivity contribution in [3.05, 3.63) is 11.9 Å². The van der Waals surface area contributed by atoms with E-state index in [1.807, 2.05) is 13.8 Å². The van der Waals surface area contributed by atoms with Gasteiger partial charge in [-0.3, -0.25) is 0 Å². The zero-order valence-electron chi connectivity index (χ0n) is 4.79. The van der Waals surface area contributed by atoms with Gasteiger partial charge >= 0.3 is 0 Å². The van der Waals surface area contributed by atoms with E-state index in [1.54, 1.807) is 6.33 Å². The molecular weight excluding hydrogens is 91.1 g/mol. The third kappa shape index (κ3) is 2.38. The van der Waals surface area contributed by atoms with Crippen LogP contribution in [0.25, 0.3) is 0 Å². The van der Waals surface area contributed by atoms with Crippen molar-refractivity contribution in [2.75, 3.05) is 0 Å². The standard InChI is InChI=1S/C6H10F/c1-3-6(4-2)5-7/h3-4H2,1-2H3. The van der Waals surface area contributed by atoms with Crippen molar-refractivity contribution in [2.45, 2.75) is 26.7 Å². The van der Waals surface area contributed by atoms with Crippen LogP contribution in [0.15, 0.2) is 5.57 Å². The number of hydrogen-bond acceptors (Lipinski definition) is 0. The second-order valence-electron chi connectivity index (χ2n) is 1.41. The lowest BCUT2D eigenvalue weighted by atomic mass is 10.2. The third-order valence-corrected chi connectivity index (χ3v) is 0.987. The molecule has 0 N–H and O–H groups in total. The average molecular weight is 101 g/mol. The zero-order chi connectivity index (χ0) is 5.70. The summed E-state index contributed by atoms with van der Waals surface area (Å²) in [6.07, 6.45) is 3.19. The monoisotopic (exact) mass is 101 g/mol. The van der Waals surface area contributed by atoms with Crippen LogP contribution in [0.5, 0.6) is 0 Å². The lowest BCUT2D eigenvalue weighted by molar-refractivity contribution is 0.656. The highest BCUT2D eigenvalue weighted by atomic mass is 19.1. The smallest absolute Gasteiger partial charge is 0.157 e. The number of hydrogen-bond donors (Lipinski definition) is 0. The Balaban J connectivity index is 3.38. The minimum Gasteiger partial charge on any atom is -0.204 e. The molecule has 0 heterocycles. The minimum absolute atomic E-state index is 0.764. The molecule has 0 aliphatic heterocycles. The highest BCUT2D eigenvalue weighted by molar-refractivity contribution is 4.89. The van der Waals surface area contributed by atoms with Gasteiger partial charge in [-0.25, -0.2) is 4.39 Å². The molecule has 0 fully saturated rings. The molecule has 1 radical (unpaired) electrons. The molecule has 0 saturated heterocycles. The van der Waals surface area contributed by atoms with Gasteiger partial charge in [-0.15, -0.1) is 0 Å². The van der Waals surface area contributed by atoms with Crippen LogP contribution >= 0.6 is 0 Å². The molecule has 0 spiro atoms. The van der Waals surface area contributed by atoms with E-state index in [1.165, 1.54) is 0 Å². The maximum absolute atomic E-state index is 11.4. The molecule has 0 nitrogen and oxygen atoms in total. The molecule has 7 heavy (non-hydrogen) atoms. The van der Waals surface area contributed by atoms with E-state index < -0.39 is 0 Å². The van der Waals surface area contributed by atoms with E-state index in [0.29, 0.717) is 0 Å². The second-order valence-corrected chi connectivity index (χ2v) is 1.41. The van der Waals surface area contributed by atoms with Gasteiger partial charge in [0.1, 0.15) is 0 Å². The van der Waals surface area contributed by atoms with E-state index in [0.717, 1.165) is 18.4 Å². The van der Waals surface area contributed by atoms with E-state index >= 15 is 0 Å². The summed E-state index contributed by atoms with van der Waals surface area (Å²) in [4.78, 5) is 0. The maximum Gasteiger partial charge on any atom is 0.157 e. The van der Waals surface area contributed by atoms with Crippen LogP contribution < -0.4 is 0 Å². The van der Waals surface area contributed by atoms with Gasteiger partial charge in [0.05, 0.1) is 0 Å². The predicted octanol–water partition coefficient (Wildman–Crippen LogP) is 2.46. The summed E-state index contributed by atoms with van der Waals surface area (Å²) in [5, 5.41) is 0. The van der Waals surface area contributed by atoms with Crippen LogP contribution in [-0.4, -0.2) is 0 Å². The highest BCUT2D eigenvalue weighted by Gasteiger charge is 1.85. The van der Waals surface area contributed by atoms with E-state index in [9.17, 15) is 4.39 Å². The van der Waals surface area contributed by atoms with Crippen molar-refractivity contribution in [1.82, 2.24) is 0 Å². The molecule has 0 aliphatic carbocycles. The SMILES string of the molecule is CCC(=[C]F)CC.